The van der Waals surface area contributed by atoms with Crippen LogP contribution in [-0.4, -0.2) is 0 Å². The second kappa shape index (κ2) is 9.99. The summed E-state index contributed by atoms with van der Waals surface area (Å²) in [6.07, 6.45) is 11.5. The highest BCUT2D eigenvalue weighted by molar-refractivity contribution is 5.24. The Hall–Kier alpha value is -1.51. The summed E-state index contributed by atoms with van der Waals surface area (Å²) in [5.41, 5.74) is 0.427. The molecule has 0 spiro atoms. The van der Waals surface area contributed by atoms with Gasteiger partial charge in [-0.05, 0) is 93.7 Å². The third-order valence-electron chi connectivity index (χ3n) is 5.74. The minimum Gasteiger partial charge on any atom is -0.166 e. The molecule has 1 aromatic rings. The molecular weight excluding hydrogens is 333 g/mol. The normalized spacial score (nSPS) is 22.5. The van der Waals surface area contributed by atoms with Gasteiger partial charge in [-0.1, -0.05) is 30.4 Å². The van der Waals surface area contributed by atoms with Crippen LogP contribution in [0.3, 0.4) is 0 Å². The minimum absolute atomic E-state index is 0.566. The Balaban J connectivity index is 1.82. The van der Waals surface area contributed by atoms with Gasteiger partial charge < -0.3 is 0 Å². The number of hydrogen-bond acceptors (Lipinski definition) is 0. The lowest BCUT2D eigenvalue weighted by Gasteiger charge is -2.33. The van der Waals surface area contributed by atoms with Crippen molar-refractivity contribution >= 4 is 0 Å². The zero-order chi connectivity index (χ0) is 19.0. The van der Waals surface area contributed by atoms with Crippen molar-refractivity contribution < 1.29 is 13.2 Å². The van der Waals surface area contributed by atoms with Crippen LogP contribution < -0.4 is 0 Å². The Bertz CT molecular complexity index is 560. The number of rotatable bonds is 8. The van der Waals surface area contributed by atoms with Gasteiger partial charge in [0.15, 0.2) is 0 Å². The van der Waals surface area contributed by atoms with Crippen molar-refractivity contribution in [1.82, 2.24) is 0 Å². The molecule has 144 valence electrons. The molecule has 2 rings (SSSR count). The van der Waals surface area contributed by atoms with Gasteiger partial charge in [0.05, 0.1) is 5.56 Å². The molecule has 26 heavy (non-hydrogen) atoms. The van der Waals surface area contributed by atoms with Crippen LogP contribution in [0.4, 0.5) is 13.2 Å². The monoisotopic (exact) mass is 364 g/mol. The Labute approximate surface area is 156 Å². The highest BCUT2D eigenvalue weighted by atomic mass is 19.4. The van der Waals surface area contributed by atoms with Gasteiger partial charge in [-0.2, -0.15) is 13.2 Å². The Morgan fingerprint density at radius 1 is 1.12 bits per heavy atom. The molecule has 0 radical (unpaired) electrons. The zero-order valence-electron chi connectivity index (χ0n) is 15.8. The molecule has 0 bridgehead atoms. The second-order valence-corrected chi connectivity index (χ2v) is 7.57. The van der Waals surface area contributed by atoms with Gasteiger partial charge in [-0.15, -0.1) is 6.58 Å². The standard InChI is InChI=1S/C23H31F3/c1-3-6-18-10-14-21(15-11-18)20(7-4-2)9-5-8-19-12-16-22(17-13-19)23(24,25)26/h3-4,6,12-13,16-18,20-21H,2,5,7-11,14-15H2,1H3/b6-3+. The highest BCUT2D eigenvalue weighted by Crippen LogP contribution is 2.37. The van der Waals surface area contributed by atoms with Gasteiger partial charge in [-0.3, -0.25) is 0 Å². The number of benzene rings is 1. The Morgan fingerprint density at radius 2 is 1.77 bits per heavy atom. The minimum atomic E-state index is -4.25. The van der Waals surface area contributed by atoms with E-state index in [0.717, 1.165) is 43.1 Å². The number of halogens is 3. The van der Waals surface area contributed by atoms with E-state index in [4.69, 9.17) is 0 Å². The summed E-state index contributed by atoms with van der Waals surface area (Å²) in [6.45, 7) is 6.01. The van der Waals surface area contributed by atoms with Crippen molar-refractivity contribution in [3.63, 3.8) is 0 Å². The largest absolute Gasteiger partial charge is 0.416 e. The van der Waals surface area contributed by atoms with Crippen LogP contribution in [0.1, 0.15) is 63.0 Å². The number of hydrogen-bond donors (Lipinski definition) is 0. The van der Waals surface area contributed by atoms with E-state index >= 15 is 0 Å². The van der Waals surface area contributed by atoms with Gasteiger partial charge in [0, 0.05) is 0 Å². The van der Waals surface area contributed by atoms with E-state index in [1.54, 1.807) is 12.1 Å². The quantitative estimate of drug-likeness (QED) is 0.417. The number of alkyl halides is 3. The van der Waals surface area contributed by atoms with Crippen LogP contribution in [-0.2, 0) is 12.6 Å². The van der Waals surface area contributed by atoms with Gasteiger partial charge in [0.2, 0.25) is 0 Å². The molecular formula is C23H31F3. The molecule has 1 aliphatic rings. The third-order valence-corrected chi connectivity index (χ3v) is 5.74. The molecule has 1 aliphatic carbocycles. The molecule has 1 atom stereocenters. The molecule has 1 fully saturated rings. The molecule has 3 heteroatoms. The van der Waals surface area contributed by atoms with Crippen molar-refractivity contribution in [1.29, 1.82) is 0 Å². The van der Waals surface area contributed by atoms with Crippen molar-refractivity contribution in [3.05, 3.63) is 60.2 Å². The third kappa shape index (κ3) is 6.34. The van der Waals surface area contributed by atoms with Crippen molar-refractivity contribution in [3.8, 4) is 0 Å². The smallest absolute Gasteiger partial charge is 0.166 e. The lowest BCUT2D eigenvalue weighted by molar-refractivity contribution is -0.137. The van der Waals surface area contributed by atoms with Crippen molar-refractivity contribution in [2.24, 2.45) is 17.8 Å². The maximum atomic E-state index is 12.6. The van der Waals surface area contributed by atoms with E-state index < -0.39 is 11.7 Å². The van der Waals surface area contributed by atoms with Gasteiger partial charge in [0.1, 0.15) is 0 Å². The van der Waals surface area contributed by atoms with Gasteiger partial charge in [0.25, 0.3) is 0 Å². The maximum Gasteiger partial charge on any atom is 0.416 e. The Kier molecular flexibility index (Phi) is 7.99. The number of allylic oxidation sites excluding steroid dienone is 3. The second-order valence-electron chi connectivity index (χ2n) is 7.57. The van der Waals surface area contributed by atoms with E-state index in [1.807, 2.05) is 6.08 Å². The van der Waals surface area contributed by atoms with E-state index in [1.165, 1.54) is 37.8 Å². The molecule has 1 unspecified atom stereocenters. The van der Waals surface area contributed by atoms with Crippen LogP contribution in [0, 0.1) is 17.8 Å². The summed E-state index contributed by atoms with van der Waals surface area (Å²) in [6, 6.07) is 5.62. The van der Waals surface area contributed by atoms with Crippen LogP contribution >= 0.6 is 0 Å². The predicted molar refractivity (Wildman–Crippen MR) is 103 cm³/mol. The first-order chi connectivity index (χ1) is 12.4. The Morgan fingerprint density at radius 3 is 2.31 bits per heavy atom. The van der Waals surface area contributed by atoms with Crippen LogP contribution in [0.25, 0.3) is 0 Å². The van der Waals surface area contributed by atoms with Gasteiger partial charge in [-0.25, -0.2) is 0 Å². The van der Waals surface area contributed by atoms with Crippen molar-refractivity contribution in [2.75, 3.05) is 0 Å². The van der Waals surface area contributed by atoms with E-state index in [9.17, 15) is 13.2 Å². The molecule has 0 amide bonds. The van der Waals surface area contributed by atoms with Crippen molar-refractivity contribution in [2.45, 2.75) is 64.5 Å². The summed E-state index contributed by atoms with van der Waals surface area (Å²) in [5, 5.41) is 0. The SMILES string of the molecule is C=CCC(CCCc1ccc(C(F)(F)F)cc1)C1CCC(/C=C/C)CC1. The summed E-state index contributed by atoms with van der Waals surface area (Å²) in [7, 11) is 0. The highest BCUT2D eigenvalue weighted by Gasteiger charge is 2.30. The fourth-order valence-corrected chi connectivity index (χ4v) is 4.27. The molecule has 0 N–H and O–H groups in total. The molecule has 0 aliphatic heterocycles. The predicted octanol–water partition coefficient (Wildman–Crippen LogP) is 7.60. The average Bonchev–Trinajstić information content (AvgIpc) is 2.62. The summed E-state index contributed by atoms with van der Waals surface area (Å²) >= 11 is 0. The lowest BCUT2D eigenvalue weighted by Crippen LogP contribution is -2.21. The molecule has 1 aromatic carbocycles. The zero-order valence-corrected chi connectivity index (χ0v) is 15.8. The number of aryl methyl sites for hydroxylation is 1. The molecule has 0 aromatic heterocycles. The average molecular weight is 364 g/mol. The first-order valence-corrected chi connectivity index (χ1v) is 9.84. The van der Waals surface area contributed by atoms with E-state index in [-0.39, 0.29) is 0 Å². The van der Waals surface area contributed by atoms with Crippen LogP contribution in [0.15, 0.2) is 49.1 Å². The topological polar surface area (TPSA) is 0 Å². The van der Waals surface area contributed by atoms with E-state index in [0.29, 0.717) is 5.92 Å². The molecule has 1 saturated carbocycles. The summed E-state index contributed by atoms with van der Waals surface area (Å²) in [4.78, 5) is 0. The fraction of sp³-hybridized carbons (Fsp3) is 0.565. The van der Waals surface area contributed by atoms with E-state index in [2.05, 4.69) is 25.7 Å². The van der Waals surface area contributed by atoms with Gasteiger partial charge >= 0.3 is 6.18 Å². The molecule has 0 nitrogen and oxygen atoms in total. The summed E-state index contributed by atoms with van der Waals surface area (Å²) < 4.78 is 37.9. The first-order valence-electron chi connectivity index (χ1n) is 9.84. The molecule has 0 saturated heterocycles. The summed E-state index contributed by atoms with van der Waals surface area (Å²) in [5.74, 6) is 2.17. The van der Waals surface area contributed by atoms with Crippen LogP contribution in [0.2, 0.25) is 0 Å². The molecule has 0 heterocycles. The maximum absolute atomic E-state index is 12.6. The lowest BCUT2D eigenvalue weighted by atomic mass is 9.73. The first kappa shape index (κ1) is 20.8. The fourth-order valence-electron chi connectivity index (χ4n) is 4.27. The van der Waals surface area contributed by atoms with Crippen LogP contribution in [0.5, 0.6) is 0 Å².